The van der Waals surface area contributed by atoms with E-state index in [2.05, 4.69) is 22.1 Å². The quantitative estimate of drug-likeness (QED) is 0.621. The minimum absolute atomic E-state index is 0.190. The van der Waals surface area contributed by atoms with Gasteiger partial charge in [-0.3, -0.25) is 9.88 Å². The van der Waals surface area contributed by atoms with Gasteiger partial charge in [0.05, 0.1) is 19.0 Å². The highest BCUT2D eigenvalue weighted by molar-refractivity contribution is 5.99. The molecular formula is C24H27N3O4. The van der Waals surface area contributed by atoms with Gasteiger partial charge in [0.25, 0.3) is 0 Å². The largest absolute Gasteiger partial charge is 0.508 e. The molecule has 162 valence electrons. The van der Waals surface area contributed by atoms with E-state index in [0.717, 1.165) is 48.0 Å². The summed E-state index contributed by atoms with van der Waals surface area (Å²) in [5, 5.41) is 14.0. The summed E-state index contributed by atoms with van der Waals surface area (Å²) in [4.78, 5) is 19.4. The van der Waals surface area contributed by atoms with Gasteiger partial charge < -0.3 is 19.9 Å². The smallest absolute Gasteiger partial charge is 0.412 e. The Morgan fingerprint density at radius 3 is 2.77 bits per heavy atom. The molecule has 4 rings (SSSR count). The monoisotopic (exact) mass is 421 g/mol. The Kier molecular flexibility index (Phi) is 6.23. The average Bonchev–Trinajstić information content (AvgIpc) is 3.26. The fourth-order valence-electron chi connectivity index (χ4n) is 4.13. The second-order valence-corrected chi connectivity index (χ2v) is 7.62. The second kappa shape index (κ2) is 9.22. The molecule has 1 atom stereocenters. The third-order valence-corrected chi connectivity index (χ3v) is 5.79. The molecule has 2 heterocycles. The Labute approximate surface area is 181 Å². The van der Waals surface area contributed by atoms with Crippen molar-refractivity contribution in [2.45, 2.75) is 25.8 Å². The van der Waals surface area contributed by atoms with Crippen LogP contribution in [0.1, 0.15) is 19.8 Å². The molecule has 1 aromatic heterocycles. The number of likely N-dealkylation sites (N-methyl/N-ethyl adjacent to an activating group) is 1. The number of rotatable bonds is 6. The van der Waals surface area contributed by atoms with Gasteiger partial charge >= 0.3 is 6.09 Å². The molecule has 3 aromatic rings. The number of phenolic OH excluding ortho intramolecular Hbond substituents is 1. The van der Waals surface area contributed by atoms with Gasteiger partial charge in [0.1, 0.15) is 11.5 Å². The molecule has 31 heavy (non-hydrogen) atoms. The van der Waals surface area contributed by atoms with Gasteiger partial charge in [-0.05, 0) is 68.4 Å². The molecule has 1 saturated heterocycles. The number of aromatic hydroxyl groups is 1. The van der Waals surface area contributed by atoms with Crippen molar-refractivity contribution in [1.29, 1.82) is 0 Å². The van der Waals surface area contributed by atoms with Crippen molar-refractivity contribution in [3.63, 3.8) is 0 Å². The molecule has 1 unspecified atom stereocenters. The Bertz CT molecular complexity index is 1070. The van der Waals surface area contributed by atoms with Gasteiger partial charge in [0.2, 0.25) is 0 Å². The van der Waals surface area contributed by atoms with Crippen LogP contribution < -0.4 is 14.8 Å². The molecular weight excluding hydrogens is 394 g/mol. The molecule has 1 fully saturated rings. The SMILES string of the molecule is CCN1CCCC1CNC(=O)Oc1cnc(-c2ccc(O)cc2)c2ccc(OC)cc12. The number of nitrogens with one attached hydrogen (secondary N) is 1. The molecule has 7 nitrogen and oxygen atoms in total. The maximum atomic E-state index is 12.5. The maximum absolute atomic E-state index is 12.5. The van der Waals surface area contributed by atoms with Crippen LogP contribution in [0.15, 0.2) is 48.7 Å². The Balaban J connectivity index is 1.59. The first-order valence-corrected chi connectivity index (χ1v) is 10.5. The molecule has 0 spiro atoms. The summed E-state index contributed by atoms with van der Waals surface area (Å²) in [5.74, 6) is 1.22. The summed E-state index contributed by atoms with van der Waals surface area (Å²) in [6.45, 7) is 4.75. The topological polar surface area (TPSA) is 83.9 Å². The molecule has 0 aliphatic carbocycles. The number of benzene rings is 2. The Morgan fingerprint density at radius 2 is 2.03 bits per heavy atom. The fraction of sp³-hybridized carbons (Fsp3) is 0.333. The van der Waals surface area contributed by atoms with Crippen molar-refractivity contribution < 1.29 is 19.4 Å². The number of nitrogens with zero attached hydrogens (tertiary/aromatic N) is 2. The van der Waals surface area contributed by atoms with E-state index in [1.807, 2.05) is 18.2 Å². The standard InChI is InChI=1S/C24H27N3O4/c1-3-27-12-4-5-17(27)14-26-24(29)31-22-15-25-23(16-6-8-18(28)9-7-16)20-11-10-19(30-2)13-21(20)22/h6-11,13,15,17,28H,3-5,12,14H2,1-2H3,(H,26,29). The lowest BCUT2D eigenvalue weighted by atomic mass is 10.0. The van der Waals surface area contributed by atoms with Crippen LogP contribution in [0.4, 0.5) is 4.79 Å². The van der Waals surface area contributed by atoms with E-state index in [0.29, 0.717) is 24.1 Å². The summed E-state index contributed by atoms with van der Waals surface area (Å²) in [6.07, 6.45) is 3.29. The Hall–Kier alpha value is -3.32. The number of likely N-dealkylation sites (tertiary alicyclic amines) is 1. The number of carbonyl (C=O) groups is 1. The van der Waals surface area contributed by atoms with Crippen molar-refractivity contribution in [3.8, 4) is 28.5 Å². The van der Waals surface area contributed by atoms with Crippen LogP contribution in [0.5, 0.6) is 17.2 Å². The normalized spacial score (nSPS) is 16.4. The lowest BCUT2D eigenvalue weighted by Crippen LogP contribution is -2.41. The van der Waals surface area contributed by atoms with Crippen molar-refractivity contribution in [3.05, 3.63) is 48.7 Å². The molecule has 2 N–H and O–H groups in total. The molecule has 0 radical (unpaired) electrons. The van der Waals surface area contributed by atoms with Gasteiger partial charge in [-0.2, -0.15) is 0 Å². The number of hydrogen-bond donors (Lipinski definition) is 2. The first kappa shape index (κ1) is 20.9. The molecule has 2 aromatic carbocycles. The summed E-state index contributed by atoms with van der Waals surface area (Å²) in [5.41, 5.74) is 1.58. The number of aromatic nitrogens is 1. The van der Waals surface area contributed by atoms with Crippen LogP contribution in [0.3, 0.4) is 0 Å². The van der Waals surface area contributed by atoms with Crippen LogP contribution >= 0.6 is 0 Å². The van der Waals surface area contributed by atoms with E-state index in [4.69, 9.17) is 9.47 Å². The summed E-state index contributed by atoms with van der Waals surface area (Å²) < 4.78 is 11.0. The van der Waals surface area contributed by atoms with E-state index < -0.39 is 6.09 Å². The first-order chi connectivity index (χ1) is 15.1. The number of phenols is 1. The van der Waals surface area contributed by atoms with Crippen molar-refractivity contribution in [1.82, 2.24) is 15.2 Å². The zero-order valence-electron chi connectivity index (χ0n) is 17.8. The van der Waals surface area contributed by atoms with E-state index in [9.17, 15) is 9.90 Å². The summed E-state index contributed by atoms with van der Waals surface area (Å²) >= 11 is 0. The minimum Gasteiger partial charge on any atom is -0.508 e. The molecule has 0 bridgehead atoms. The third kappa shape index (κ3) is 4.56. The Morgan fingerprint density at radius 1 is 1.23 bits per heavy atom. The highest BCUT2D eigenvalue weighted by Crippen LogP contribution is 2.35. The lowest BCUT2D eigenvalue weighted by molar-refractivity contribution is 0.193. The molecule has 1 aliphatic rings. The first-order valence-electron chi connectivity index (χ1n) is 10.5. The third-order valence-electron chi connectivity index (χ3n) is 5.79. The van der Waals surface area contributed by atoms with Crippen molar-refractivity contribution >= 4 is 16.9 Å². The van der Waals surface area contributed by atoms with Crippen LogP contribution in [-0.4, -0.2) is 53.9 Å². The van der Waals surface area contributed by atoms with Gasteiger partial charge in [-0.15, -0.1) is 0 Å². The van der Waals surface area contributed by atoms with Crippen LogP contribution in [0.25, 0.3) is 22.0 Å². The number of pyridine rings is 1. The maximum Gasteiger partial charge on any atom is 0.412 e. The summed E-state index contributed by atoms with van der Waals surface area (Å²) in [7, 11) is 1.59. The van der Waals surface area contributed by atoms with E-state index >= 15 is 0 Å². The zero-order valence-corrected chi connectivity index (χ0v) is 17.8. The molecule has 1 amide bonds. The number of fused-ring (bicyclic) bond motifs is 1. The van der Waals surface area contributed by atoms with Gasteiger partial charge in [0, 0.05) is 28.9 Å². The van der Waals surface area contributed by atoms with E-state index in [-0.39, 0.29) is 5.75 Å². The van der Waals surface area contributed by atoms with Crippen LogP contribution in [0.2, 0.25) is 0 Å². The lowest BCUT2D eigenvalue weighted by Gasteiger charge is -2.22. The summed E-state index contributed by atoms with van der Waals surface area (Å²) in [6, 6.07) is 12.8. The van der Waals surface area contributed by atoms with Gasteiger partial charge in [0.15, 0.2) is 5.75 Å². The molecule has 7 heteroatoms. The van der Waals surface area contributed by atoms with Crippen molar-refractivity contribution in [2.24, 2.45) is 0 Å². The number of carbonyl (C=O) groups excluding carboxylic acids is 1. The van der Waals surface area contributed by atoms with Crippen LogP contribution in [-0.2, 0) is 0 Å². The number of ether oxygens (including phenoxy) is 2. The minimum atomic E-state index is -0.494. The van der Waals surface area contributed by atoms with Crippen LogP contribution in [0, 0.1) is 0 Å². The predicted octanol–water partition coefficient (Wildman–Crippen LogP) is 4.19. The van der Waals surface area contributed by atoms with Gasteiger partial charge in [-0.25, -0.2) is 4.79 Å². The molecule has 1 aliphatic heterocycles. The second-order valence-electron chi connectivity index (χ2n) is 7.62. The average molecular weight is 421 g/mol. The zero-order chi connectivity index (χ0) is 21.8. The van der Waals surface area contributed by atoms with Gasteiger partial charge in [-0.1, -0.05) is 6.92 Å². The fourth-order valence-corrected chi connectivity index (χ4v) is 4.13. The highest BCUT2D eigenvalue weighted by atomic mass is 16.6. The molecule has 0 saturated carbocycles. The predicted molar refractivity (Wildman–Crippen MR) is 120 cm³/mol. The van der Waals surface area contributed by atoms with E-state index in [1.54, 1.807) is 37.6 Å². The highest BCUT2D eigenvalue weighted by Gasteiger charge is 2.23. The van der Waals surface area contributed by atoms with Crippen molar-refractivity contribution in [2.75, 3.05) is 26.7 Å². The van der Waals surface area contributed by atoms with E-state index in [1.165, 1.54) is 0 Å². The number of amides is 1. The number of methoxy groups -OCH3 is 1. The number of hydrogen-bond acceptors (Lipinski definition) is 6.